The average Bonchev–Trinajstić information content (AvgIpc) is 3.16. The summed E-state index contributed by atoms with van der Waals surface area (Å²) in [6, 6.07) is 14.6. The average molecular weight is 375 g/mol. The fraction of sp³-hybridized carbons (Fsp3) is 0.391. The molecule has 5 rings (SSSR count). The minimum atomic E-state index is -0.313. The molecule has 1 aromatic heterocycles. The Kier molecular flexibility index (Phi) is 4.20. The second-order valence-corrected chi connectivity index (χ2v) is 8.28. The molecular formula is C23H25N3O2. The molecule has 2 aliphatic heterocycles. The number of aromatic nitrogens is 1. The van der Waals surface area contributed by atoms with Gasteiger partial charge in [-0.15, -0.1) is 0 Å². The van der Waals surface area contributed by atoms with Crippen molar-refractivity contribution in [3.8, 4) is 11.3 Å². The molecule has 0 unspecified atom stereocenters. The van der Waals surface area contributed by atoms with Crippen molar-refractivity contribution in [3.63, 3.8) is 0 Å². The molecule has 2 aliphatic rings. The minimum absolute atomic E-state index is 0.246. The second-order valence-electron chi connectivity index (χ2n) is 8.28. The predicted octanol–water partition coefficient (Wildman–Crippen LogP) is 3.77. The lowest BCUT2D eigenvalue weighted by molar-refractivity contribution is -0.143. The van der Waals surface area contributed by atoms with Crippen molar-refractivity contribution in [2.24, 2.45) is 5.41 Å². The molecule has 0 aliphatic carbocycles. The minimum Gasteiger partial charge on any atom is -0.360 e. The number of nitrogens with zero attached hydrogens (tertiary/aromatic N) is 2. The Labute approximate surface area is 164 Å². The molecule has 28 heavy (non-hydrogen) atoms. The summed E-state index contributed by atoms with van der Waals surface area (Å²) in [5.41, 5.74) is 2.69. The highest BCUT2D eigenvalue weighted by molar-refractivity contribution is 5.96. The SMILES string of the molecule is C[C@@]1(C(=O)N2CCc3onc(-c4cccc5ccccc45)c3C2)CCCNC1. The molecule has 5 nitrogen and oxygen atoms in total. The summed E-state index contributed by atoms with van der Waals surface area (Å²) in [6.45, 7) is 5.13. The lowest BCUT2D eigenvalue weighted by Crippen LogP contribution is -2.51. The predicted molar refractivity (Wildman–Crippen MR) is 109 cm³/mol. The molecular weight excluding hydrogens is 350 g/mol. The first kappa shape index (κ1) is 17.4. The van der Waals surface area contributed by atoms with Gasteiger partial charge in [0, 0.05) is 30.6 Å². The summed E-state index contributed by atoms with van der Waals surface area (Å²) in [5.74, 6) is 1.16. The van der Waals surface area contributed by atoms with Crippen molar-refractivity contribution < 1.29 is 9.32 Å². The van der Waals surface area contributed by atoms with Crippen LogP contribution in [0.3, 0.4) is 0 Å². The van der Waals surface area contributed by atoms with E-state index in [0.29, 0.717) is 13.1 Å². The molecule has 1 fully saturated rings. The highest BCUT2D eigenvalue weighted by atomic mass is 16.5. The molecule has 0 bridgehead atoms. The van der Waals surface area contributed by atoms with Crippen molar-refractivity contribution in [2.75, 3.05) is 19.6 Å². The number of piperidine rings is 1. The Morgan fingerprint density at radius 2 is 2.07 bits per heavy atom. The Hall–Kier alpha value is -2.66. The normalized spacial score (nSPS) is 22.2. The van der Waals surface area contributed by atoms with Gasteiger partial charge in [-0.25, -0.2) is 0 Å². The van der Waals surface area contributed by atoms with E-state index in [1.165, 1.54) is 5.39 Å². The van der Waals surface area contributed by atoms with Crippen LogP contribution in [-0.4, -0.2) is 35.6 Å². The van der Waals surface area contributed by atoms with Crippen LogP contribution in [0.5, 0.6) is 0 Å². The van der Waals surface area contributed by atoms with Crippen LogP contribution in [0.4, 0.5) is 0 Å². The fourth-order valence-electron chi connectivity index (χ4n) is 4.65. The molecule has 2 aromatic carbocycles. The molecule has 3 aromatic rings. The van der Waals surface area contributed by atoms with Crippen LogP contribution in [0.25, 0.3) is 22.0 Å². The lowest BCUT2D eigenvalue weighted by atomic mass is 9.81. The number of hydrogen-bond donors (Lipinski definition) is 1. The number of fused-ring (bicyclic) bond motifs is 2. The largest absolute Gasteiger partial charge is 0.360 e. The van der Waals surface area contributed by atoms with E-state index >= 15 is 0 Å². The maximum absolute atomic E-state index is 13.3. The highest BCUT2D eigenvalue weighted by Crippen LogP contribution is 2.36. The molecule has 1 saturated heterocycles. The first-order valence-electron chi connectivity index (χ1n) is 10.1. The summed E-state index contributed by atoms with van der Waals surface area (Å²) in [6.07, 6.45) is 2.72. The van der Waals surface area contributed by atoms with Gasteiger partial charge in [0.2, 0.25) is 5.91 Å². The zero-order chi connectivity index (χ0) is 19.1. The maximum atomic E-state index is 13.3. The van der Waals surface area contributed by atoms with Crippen LogP contribution < -0.4 is 5.32 Å². The van der Waals surface area contributed by atoms with Crippen molar-refractivity contribution in [1.82, 2.24) is 15.4 Å². The van der Waals surface area contributed by atoms with Gasteiger partial charge in [0.05, 0.1) is 12.0 Å². The molecule has 144 valence electrons. The van der Waals surface area contributed by atoms with E-state index < -0.39 is 0 Å². The number of carbonyl (C=O) groups is 1. The maximum Gasteiger partial charge on any atom is 0.230 e. The van der Waals surface area contributed by atoms with Crippen molar-refractivity contribution in [1.29, 1.82) is 0 Å². The standard InChI is InChI=1S/C23H25N3O2/c1-23(11-5-12-24-15-23)22(27)26-13-10-20-19(14-26)21(25-28-20)18-9-4-7-16-6-2-3-8-17(16)18/h2-4,6-9,24H,5,10-15H2,1H3/t23-/m1/s1. The van der Waals surface area contributed by atoms with Gasteiger partial charge in [0.15, 0.2) is 0 Å². The van der Waals surface area contributed by atoms with E-state index in [0.717, 1.165) is 60.3 Å². The summed E-state index contributed by atoms with van der Waals surface area (Å²) >= 11 is 0. The molecule has 1 N–H and O–H groups in total. The van der Waals surface area contributed by atoms with E-state index in [1.807, 2.05) is 17.0 Å². The third kappa shape index (κ3) is 2.81. The van der Waals surface area contributed by atoms with E-state index in [9.17, 15) is 4.79 Å². The summed E-state index contributed by atoms with van der Waals surface area (Å²) < 4.78 is 5.69. The quantitative estimate of drug-likeness (QED) is 0.741. The summed E-state index contributed by atoms with van der Waals surface area (Å²) in [7, 11) is 0. The first-order chi connectivity index (χ1) is 13.7. The van der Waals surface area contributed by atoms with Gasteiger partial charge in [-0.2, -0.15) is 0 Å². The number of nitrogens with one attached hydrogen (secondary N) is 1. The summed E-state index contributed by atoms with van der Waals surface area (Å²) in [5, 5.41) is 10.1. The molecule has 0 spiro atoms. The van der Waals surface area contributed by atoms with Crippen LogP contribution in [0.2, 0.25) is 0 Å². The van der Waals surface area contributed by atoms with Crippen LogP contribution in [0, 0.1) is 5.41 Å². The molecule has 3 heterocycles. The monoisotopic (exact) mass is 375 g/mol. The molecule has 0 radical (unpaired) electrons. The van der Waals surface area contributed by atoms with Gasteiger partial charge < -0.3 is 14.7 Å². The van der Waals surface area contributed by atoms with E-state index in [-0.39, 0.29) is 11.3 Å². The molecule has 0 saturated carbocycles. The van der Waals surface area contributed by atoms with Gasteiger partial charge in [-0.3, -0.25) is 4.79 Å². The Morgan fingerprint density at radius 1 is 1.21 bits per heavy atom. The highest BCUT2D eigenvalue weighted by Gasteiger charge is 2.39. The molecule has 1 amide bonds. The van der Waals surface area contributed by atoms with Crippen molar-refractivity contribution in [3.05, 3.63) is 53.8 Å². The van der Waals surface area contributed by atoms with Crippen LogP contribution in [0.1, 0.15) is 31.1 Å². The van der Waals surface area contributed by atoms with Gasteiger partial charge >= 0.3 is 0 Å². The summed E-state index contributed by atoms with van der Waals surface area (Å²) in [4.78, 5) is 15.3. The molecule has 5 heteroatoms. The Morgan fingerprint density at radius 3 is 2.93 bits per heavy atom. The van der Waals surface area contributed by atoms with Crippen molar-refractivity contribution >= 4 is 16.7 Å². The zero-order valence-electron chi connectivity index (χ0n) is 16.2. The third-order valence-corrected chi connectivity index (χ3v) is 6.27. The lowest BCUT2D eigenvalue weighted by Gasteiger charge is -2.38. The van der Waals surface area contributed by atoms with Crippen LogP contribution in [0.15, 0.2) is 47.0 Å². The van der Waals surface area contributed by atoms with E-state index in [4.69, 9.17) is 4.52 Å². The Balaban J connectivity index is 1.50. The van der Waals surface area contributed by atoms with Gasteiger partial charge in [0.25, 0.3) is 0 Å². The smallest absolute Gasteiger partial charge is 0.230 e. The van der Waals surface area contributed by atoms with Gasteiger partial charge in [-0.05, 0) is 37.1 Å². The third-order valence-electron chi connectivity index (χ3n) is 6.27. The van der Waals surface area contributed by atoms with Crippen molar-refractivity contribution in [2.45, 2.75) is 32.7 Å². The second kappa shape index (κ2) is 6.74. The number of hydrogen-bond acceptors (Lipinski definition) is 4. The Bertz CT molecular complexity index is 1030. The van der Waals surface area contributed by atoms with Crippen LogP contribution >= 0.6 is 0 Å². The van der Waals surface area contributed by atoms with Gasteiger partial charge in [0.1, 0.15) is 11.5 Å². The molecule has 1 atom stereocenters. The van der Waals surface area contributed by atoms with E-state index in [2.05, 4.69) is 47.7 Å². The van der Waals surface area contributed by atoms with E-state index in [1.54, 1.807) is 0 Å². The number of amides is 1. The number of carbonyl (C=O) groups excluding carboxylic acids is 1. The zero-order valence-corrected chi connectivity index (χ0v) is 16.2. The topological polar surface area (TPSA) is 58.4 Å². The first-order valence-corrected chi connectivity index (χ1v) is 10.1. The van der Waals surface area contributed by atoms with Gasteiger partial charge in [-0.1, -0.05) is 47.6 Å². The fourth-order valence-corrected chi connectivity index (χ4v) is 4.65. The number of benzene rings is 2. The van der Waals surface area contributed by atoms with Crippen LogP contribution in [-0.2, 0) is 17.8 Å². The number of rotatable bonds is 2.